The van der Waals surface area contributed by atoms with Crippen LogP contribution < -0.4 is 10.6 Å². The number of nitroso groups, excluding NO2 is 1. The number of phenols is 2. The van der Waals surface area contributed by atoms with Crippen molar-refractivity contribution in [3.8, 4) is 11.5 Å². The number of sulfone groups is 1. The average Bonchev–Trinajstić information content (AvgIpc) is 3.07. The van der Waals surface area contributed by atoms with Crippen molar-refractivity contribution in [3.63, 3.8) is 0 Å². The van der Waals surface area contributed by atoms with Crippen molar-refractivity contribution >= 4 is 105 Å². The van der Waals surface area contributed by atoms with Crippen LogP contribution >= 0.6 is 23.9 Å². The molecule has 0 spiro atoms. The van der Waals surface area contributed by atoms with Crippen LogP contribution in [0.4, 0.5) is 40.3 Å². The maximum atomic E-state index is 12.5. The van der Waals surface area contributed by atoms with Crippen LogP contribution in [-0.2, 0) is 34.3 Å². The fourth-order valence-electron chi connectivity index (χ4n) is 4.51. The summed E-state index contributed by atoms with van der Waals surface area (Å²) in [5.74, 6) is -2.61. The fourth-order valence-corrected chi connectivity index (χ4v) is 7.22. The van der Waals surface area contributed by atoms with Gasteiger partial charge in [-0.15, -0.1) is 15.1 Å². The van der Waals surface area contributed by atoms with Crippen LogP contribution in [0.15, 0.2) is 90.8 Å². The molecular weight excluding hydrogens is 808 g/mol. The van der Waals surface area contributed by atoms with E-state index in [4.69, 9.17) is 16.2 Å². The number of phenolic OH excluding ortho intramolecular Hbond substituents is 2. The SMILES string of the molecule is O=Nc1ccc(O)c(/N=N/c2c(S(=O)(=O)O)cc3cc(S(=O)(=O)O)cc(Nc4nc(Cl)nc(Nc5ccc(S(=O)(=O)CCOSO)cc5)n4)c3c2O)c1. The molecule has 278 valence electrons. The minimum absolute atomic E-state index is 0.0341. The Kier molecular flexibility index (Phi) is 11.4. The molecule has 0 aliphatic heterocycles. The predicted octanol–water partition coefficient (Wildman–Crippen LogP) is 5.79. The molecule has 21 nitrogen and oxygen atoms in total. The predicted molar refractivity (Wildman–Crippen MR) is 189 cm³/mol. The van der Waals surface area contributed by atoms with Gasteiger partial charge in [-0.05, 0) is 82.8 Å². The number of fused-ring (bicyclic) bond motifs is 1. The van der Waals surface area contributed by atoms with Crippen LogP contribution in [0.5, 0.6) is 11.5 Å². The molecule has 0 radical (unpaired) electrons. The number of rotatable bonds is 14. The van der Waals surface area contributed by atoms with Gasteiger partial charge in [0.05, 0.1) is 27.8 Å². The lowest BCUT2D eigenvalue weighted by molar-refractivity contribution is 0.367. The molecule has 0 aliphatic rings. The average molecular weight is 829 g/mol. The number of aromatic nitrogens is 3. The van der Waals surface area contributed by atoms with E-state index in [1.807, 2.05) is 0 Å². The zero-order chi connectivity index (χ0) is 38.7. The summed E-state index contributed by atoms with van der Waals surface area (Å²) in [4.78, 5) is 21.0. The number of benzene rings is 4. The van der Waals surface area contributed by atoms with Crippen LogP contribution in [0.2, 0.25) is 5.28 Å². The molecule has 0 atom stereocenters. The first-order chi connectivity index (χ1) is 24.9. The van der Waals surface area contributed by atoms with Crippen LogP contribution in [0.1, 0.15) is 0 Å². The fraction of sp³-hybridized carbons (Fsp3) is 0.0741. The van der Waals surface area contributed by atoms with Crippen LogP contribution in [0, 0.1) is 4.91 Å². The van der Waals surface area contributed by atoms with E-state index in [1.165, 1.54) is 24.3 Å². The maximum Gasteiger partial charge on any atom is 0.296 e. The Balaban J connectivity index is 1.59. The van der Waals surface area contributed by atoms with Gasteiger partial charge in [0, 0.05) is 11.1 Å². The van der Waals surface area contributed by atoms with Gasteiger partial charge in [0.15, 0.2) is 27.9 Å². The van der Waals surface area contributed by atoms with Gasteiger partial charge in [-0.1, -0.05) is 0 Å². The molecule has 0 unspecified atom stereocenters. The Bertz CT molecular complexity index is 2610. The summed E-state index contributed by atoms with van der Waals surface area (Å²) in [6.45, 7) is -0.269. The second kappa shape index (κ2) is 15.5. The van der Waals surface area contributed by atoms with Crippen molar-refractivity contribution in [3.05, 3.63) is 70.9 Å². The highest BCUT2D eigenvalue weighted by Gasteiger charge is 2.26. The number of nitrogens with zero attached hydrogens (tertiary/aromatic N) is 6. The van der Waals surface area contributed by atoms with E-state index in [2.05, 4.69) is 45.2 Å². The Labute approximate surface area is 307 Å². The summed E-state index contributed by atoms with van der Waals surface area (Å²) in [6, 6.07) is 10.7. The monoisotopic (exact) mass is 828 g/mol. The lowest BCUT2D eigenvalue weighted by atomic mass is 10.1. The smallest absolute Gasteiger partial charge is 0.296 e. The molecule has 0 saturated carbocycles. The van der Waals surface area contributed by atoms with Crippen LogP contribution in [0.25, 0.3) is 10.8 Å². The lowest BCUT2D eigenvalue weighted by Gasteiger charge is -2.15. The van der Waals surface area contributed by atoms with Crippen molar-refractivity contribution in [1.29, 1.82) is 0 Å². The molecule has 1 aromatic heterocycles. The zero-order valence-corrected chi connectivity index (χ0v) is 29.9. The molecule has 0 aliphatic carbocycles. The summed E-state index contributed by atoms with van der Waals surface area (Å²) in [6.07, 6.45) is 0. The Morgan fingerprint density at radius 3 is 2.11 bits per heavy atom. The van der Waals surface area contributed by atoms with Gasteiger partial charge < -0.3 is 25.4 Å². The number of hydrogen-bond donors (Lipinski definition) is 7. The molecule has 5 aromatic rings. The van der Waals surface area contributed by atoms with Gasteiger partial charge in [-0.2, -0.15) is 31.8 Å². The first kappa shape index (κ1) is 39.1. The quantitative estimate of drug-likeness (QED) is 0.0229. The zero-order valence-electron chi connectivity index (χ0n) is 25.9. The number of aromatic hydroxyl groups is 2. The molecule has 5 rings (SSSR count). The Hall–Kier alpha value is -5.12. The summed E-state index contributed by atoms with van der Waals surface area (Å²) < 4.78 is 107. The summed E-state index contributed by atoms with van der Waals surface area (Å²) in [7, 11) is -14.0. The highest BCUT2D eigenvalue weighted by molar-refractivity contribution is 7.91. The van der Waals surface area contributed by atoms with E-state index in [0.717, 1.165) is 30.3 Å². The van der Waals surface area contributed by atoms with Crippen molar-refractivity contribution in [2.24, 2.45) is 15.4 Å². The summed E-state index contributed by atoms with van der Waals surface area (Å²) >= 11 is 6.14. The molecule has 53 heavy (non-hydrogen) atoms. The standard InChI is InChI=1S/C27H21ClN8O13S4/c28-25-31-26(29-14-1-4-16(5-2-14)51(41,42)8-7-49-50-40)33-27(32-25)30-19-12-17(52(43,44)45)9-13-10-21(53(46,47)48)23(24(38)22(13)19)35-34-18-11-15(36-39)3-6-20(18)37/h1-6,9-12,37-38,40H,7-8H2,(H,43,44,45)(H,46,47,48)(H2,29,30,31,32,33)/b35-34+. The van der Waals surface area contributed by atoms with Gasteiger partial charge in [0.25, 0.3) is 20.2 Å². The van der Waals surface area contributed by atoms with Gasteiger partial charge in [-0.25, -0.2) is 8.42 Å². The molecular formula is C27H21ClN8O13S4. The van der Waals surface area contributed by atoms with E-state index >= 15 is 0 Å². The van der Waals surface area contributed by atoms with E-state index in [9.17, 15) is 49.5 Å². The van der Waals surface area contributed by atoms with Crippen molar-refractivity contribution in [2.45, 2.75) is 14.7 Å². The van der Waals surface area contributed by atoms with E-state index < -0.39 is 90.8 Å². The van der Waals surface area contributed by atoms with E-state index in [-0.39, 0.29) is 46.5 Å². The number of anilines is 4. The molecule has 0 fully saturated rings. The normalized spacial score (nSPS) is 12.3. The highest BCUT2D eigenvalue weighted by atomic mass is 35.5. The molecule has 4 aromatic carbocycles. The highest BCUT2D eigenvalue weighted by Crippen LogP contribution is 2.46. The lowest BCUT2D eigenvalue weighted by Crippen LogP contribution is -2.11. The van der Waals surface area contributed by atoms with Crippen molar-refractivity contribution in [2.75, 3.05) is 23.0 Å². The van der Waals surface area contributed by atoms with Crippen LogP contribution in [-0.4, -0.2) is 76.4 Å². The van der Waals surface area contributed by atoms with Crippen molar-refractivity contribution < 1.29 is 53.3 Å². The number of nitrogens with one attached hydrogen (secondary N) is 2. The third-order valence-corrected chi connectivity index (χ3v) is 10.7. The second-order valence-corrected chi connectivity index (χ2v) is 15.9. The van der Waals surface area contributed by atoms with Crippen LogP contribution in [0.3, 0.4) is 0 Å². The summed E-state index contributed by atoms with van der Waals surface area (Å²) in [5.41, 5.74) is -1.64. The first-order valence-corrected chi connectivity index (χ1v) is 19.6. The molecule has 7 N–H and O–H groups in total. The van der Waals surface area contributed by atoms with E-state index in [0.29, 0.717) is 6.07 Å². The second-order valence-electron chi connectivity index (χ2n) is 10.3. The maximum absolute atomic E-state index is 12.5. The van der Waals surface area contributed by atoms with Crippen molar-refractivity contribution in [1.82, 2.24) is 15.0 Å². The number of halogens is 1. The van der Waals surface area contributed by atoms with E-state index in [1.54, 1.807) is 0 Å². The number of hydrogen-bond acceptors (Lipinski definition) is 20. The molecule has 1 heterocycles. The third kappa shape index (κ3) is 9.28. The third-order valence-electron chi connectivity index (χ3n) is 6.83. The molecule has 0 bridgehead atoms. The van der Waals surface area contributed by atoms with Gasteiger partial charge >= 0.3 is 0 Å². The van der Waals surface area contributed by atoms with Gasteiger partial charge in [0.2, 0.25) is 17.2 Å². The molecule has 26 heteroatoms. The first-order valence-electron chi connectivity index (χ1n) is 14.0. The molecule has 0 amide bonds. The summed E-state index contributed by atoms with van der Waals surface area (Å²) in [5, 5.41) is 35.7. The topological polar surface area (TPSA) is 330 Å². The number of azo groups is 1. The van der Waals surface area contributed by atoms with Gasteiger partial charge in [0.1, 0.15) is 27.7 Å². The Morgan fingerprint density at radius 2 is 1.49 bits per heavy atom. The Morgan fingerprint density at radius 1 is 0.811 bits per heavy atom. The minimum atomic E-state index is -5.24. The molecule has 0 saturated heterocycles. The minimum Gasteiger partial charge on any atom is -0.506 e. The van der Waals surface area contributed by atoms with Gasteiger partial charge in [-0.3, -0.25) is 13.3 Å². The largest absolute Gasteiger partial charge is 0.506 e.